The van der Waals surface area contributed by atoms with Crippen molar-refractivity contribution >= 4 is 23.2 Å². The van der Waals surface area contributed by atoms with Crippen molar-refractivity contribution in [3.63, 3.8) is 0 Å². The molecule has 0 aliphatic rings. The van der Waals surface area contributed by atoms with Crippen LogP contribution in [0.1, 0.15) is 16.1 Å². The van der Waals surface area contributed by atoms with Gasteiger partial charge in [-0.05, 0) is 24.6 Å². The van der Waals surface area contributed by atoms with Crippen LogP contribution in [-0.2, 0) is 0 Å². The van der Waals surface area contributed by atoms with Crippen LogP contribution in [0.25, 0.3) is 0 Å². The monoisotopic (exact) mass is 236 g/mol. The van der Waals surface area contributed by atoms with Crippen molar-refractivity contribution in [2.24, 2.45) is 0 Å². The number of halogens is 1. The summed E-state index contributed by atoms with van der Waals surface area (Å²) in [4.78, 5) is 11.7. The number of H-pyrrole nitrogens is 1. The number of aromatic amines is 1. The van der Waals surface area contributed by atoms with Crippen molar-refractivity contribution in [1.29, 1.82) is 0 Å². The zero-order valence-electron chi connectivity index (χ0n) is 8.49. The molecule has 0 aliphatic heterocycles. The molecule has 0 saturated carbocycles. The number of hydrogen-bond donors (Lipinski definition) is 2. The zero-order valence-corrected chi connectivity index (χ0v) is 9.25. The lowest BCUT2D eigenvalue weighted by Crippen LogP contribution is -2.13. The van der Waals surface area contributed by atoms with Crippen LogP contribution in [0.5, 0.6) is 0 Å². The van der Waals surface area contributed by atoms with E-state index >= 15 is 0 Å². The molecule has 5 nitrogen and oxygen atoms in total. The molecular formula is C10H9ClN4O. The molecule has 6 heteroatoms. The molecule has 0 bridgehead atoms. The van der Waals surface area contributed by atoms with Crippen LogP contribution in [0.15, 0.2) is 24.4 Å². The molecule has 0 radical (unpaired) electrons. The van der Waals surface area contributed by atoms with Gasteiger partial charge in [0.2, 0.25) is 0 Å². The van der Waals surface area contributed by atoms with Crippen LogP contribution in [-0.4, -0.2) is 21.3 Å². The van der Waals surface area contributed by atoms with Crippen LogP contribution in [0.2, 0.25) is 5.02 Å². The van der Waals surface area contributed by atoms with E-state index in [1.165, 1.54) is 6.20 Å². The molecule has 0 atom stereocenters. The number of nitrogens with one attached hydrogen (secondary N) is 2. The average Bonchev–Trinajstić information content (AvgIpc) is 2.78. The molecule has 2 N–H and O–H groups in total. The molecule has 16 heavy (non-hydrogen) atoms. The maximum absolute atomic E-state index is 11.7. The van der Waals surface area contributed by atoms with E-state index in [1.807, 2.05) is 6.92 Å². The molecule has 82 valence electrons. The molecule has 0 saturated heterocycles. The number of carbonyl (C=O) groups is 1. The number of aromatic nitrogens is 3. The molecule has 2 rings (SSSR count). The second-order valence-electron chi connectivity index (χ2n) is 3.22. The summed E-state index contributed by atoms with van der Waals surface area (Å²) in [7, 11) is 0. The van der Waals surface area contributed by atoms with E-state index in [4.69, 9.17) is 11.6 Å². The second-order valence-corrected chi connectivity index (χ2v) is 3.63. The van der Waals surface area contributed by atoms with Gasteiger partial charge >= 0.3 is 0 Å². The topological polar surface area (TPSA) is 70.7 Å². The molecule has 1 aromatic carbocycles. The summed E-state index contributed by atoms with van der Waals surface area (Å²) in [5.41, 5.74) is 1.72. The number of carbonyl (C=O) groups excluding carboxylic acids is 1. The third kappa shape index (κ3) is 2.04. The van der Waals surface area contributed by atoms with Crippen molar-refractivity contribution < 1.29 is 4.79 Å². The largest absolute Gasteiger partial charge is 0.320 e. The van der Waals surface area contributed by atoms with Crippen LogP contribution in [0, 0.1) is 6.92 Å². The maximum Gasteiger partial charge on any atom is 0.277 e. The molecule has 1 amide bonds. The first-order valence-electron chi connectivity index (χ1n) is 4.60. The van der Waals surface area contributed by atoms with Gasteiger partial charge in [0.15, 0.2) is 5.69 Å². The molecular weight excluding hydrogens is 228 g/mol. The standard InChI is InChI=1S/C10H9ClN4O/c1-6-7(11)3-2-4-8(6)13-10(16)9-5-12-15-14-9/h2-5H,1H3,(H,13,16)(H,12,14,15). The number of anilines is 1. The number of hydrogen-bond acceptors (Lipinski definition) is 3. The molecule has 0 spiro atoms. The van der Waals surface area contributed by atoms with Crippen LogP contribution >= 0.6 is 11.6 Å². The Morgan fingerprint density at radius 1 is 1.50 bits per heavy atom. The van der Waals surface area contributed by atoms with Gasteiger partial charge in [0, 0.05) is 10.7 Å². The number of benzene rings is 1. The van der Waals surface area contributed by atoms with Crippen molar-refractivity contribution in [3.05, 3.63) is 40.7 Å². The predicted octanol–water partition coefficient (Wildman–Crippen LogP) is 2.02. The summed E-state index contributed by atoms with van der Waals surface area (Å²) in [6, 6.07) is 5.32. The highest BCUT2D eigenvalue weighted by atomic mass is 35.5. The fourth-order valence-corrected chi connectivity index (χ4v) is 1.41. The maximum atomic E-state index is 11.7. The molecule has 1 heterocycles. The fraction of sp³-hybridized carbons (Fsp3) is 0.100. The van der Waals surface area contributed by atoms with Gasteiger partial charge in [-0.2, -0.15) is 15.4 Å². The van der Waals surface area contributed by atoms with E-state index in [1.54, 1.807) is 18.2 Å². The Labute approximate surface area is 96.8 Å². The van der Waals surface area contributed by atoms with Gasteiger partial charge in [-0.3, -0.25) is 4.79 Å². The average molecular weight is 237 g/mol. The molecule has 0 aliphatic carbocycles. The minimum absolute atomic E-state index is 0.236. The lowest BCUT2D eigenvalue weighted by atomic mass is 10.2. The van der Waals surface area contributed by atoms with Gasteiger partial charge in [-0.1, -0.05) is 17.7 Å². The summed E-state index contributed by atoms with van der Waals surface area (Å²) in [6.07, 6.45) is 1.36. The van der Waals surface area contributed by atoms with Crippen molar-refractivity contribution in [2.45, 2.75) is 6.92 Å². The zero-order chi connectivity index (χ0) is 11.5. The second kappa shape index (κ2) is 4.32. The summed E-state index contributed by atoms with van der Waals surface area (Å²) < 4.78 is 0. The van der Waals surface area contributed by atoms with Crippen LogP contribution in [0.3, 0.4) is 0 Å². The summed E-state index contributed by atoms with van der Waals surface area (Å²) in [5, 5.41) is 12.9. The van der Waals surface area contributed by atoms with Gasteiger partial charge in [-0.25, -0.2) is 0 Å². The molecule has 1 aromatic heterocycles. The fourth-order valence-electron chi connectivity index (χ4n) is 1.24. The first-order valence-corrected chi connectivity index (χ1v) is 4.98. The van der Waals surface area contributed by atoms with E-state index in [0.29, 0.717) is 10.7 Å². The lowest BCUT2D eigenvalue weighted by molar-refractivity contribution is 0.102. The smallest absolute Gasteiger partial charge is 0.277 e. The Bertz CT molecular complexity index is 510. The summed E-state index contributed by atoms with van der Waals surface area (Å²) in [6.45, 7) is 1.83. The normalized spacial score (nSPS) is 10.1. The Kier molecular flexibility index (Phi) is 2.87. The van der Waals surface area contributed by atoms with Gasteiger partial charge in [0.1, 0.15) is 0 Å². The van der Waals surface area contributed by atoms with E-state index in [0.717, 1.165) is 5.56 Å². The van der Waals surface area contributed by atoms with E-state index < -0.39 is 0 Å². The third-order valence-corrected chi connectivity index (χ3v) is 2.57. The van der Waals surface area contributed by atoms with Gasteiger partial charge in [-0.15, -0.1) is 0 Å². The first-order chi connectivity index (χ1) is 7.68. The Balaban J connectivity index is 2.22. The van der Waals surface area contributed by atoms with Crippen LogP contribution < -0.4 is 5.32 Å². The Hall–Kier alpha value is -1.88. The minimum Gasteiger partial charge on any atom is -0.320 e. The van der Waals surface area contributed by atoms with Gasteiger partial charge in [0.25, 0.3) is 5.91 Å². The molecule has 0 fully saturated rings. The molecule has 0 unspecified atom stereocenters. The molecule has 2 aromatic rings. The predicted molar refractivity (Wildman–Crippen MR) is 60.5 cm³/mol. The Morgan fingerprint density at radius 2 is 2.31 bits per heavy atom. The number of nitrogens with zero attached hydrogens (tertiary/aromatic N) is 2. The highest BCUT2D eigenvalue weighted by Gasteiger charge is 2.10. The van der Waals surface area contributed by atoms with Crippen molar-refractivity contribution in [2.75, 3.05) is 5.32 Å². The summed E-state index contributed by atoms with van der Waals surface area (Å²) >= 11 is 5.94. The number of amides is 1. The van der Waals surface area contributed by atoms with Gasteiger partial charge in [0.05, 0.1) is 6.20 Å². The quantitative estimate of drug-likeness (QED) is 0.838. The van der Waals surface area contributed by atoms with Gasteiger partial charge < -0.3 is 5.32 Å². The van der Waals surface area contributed by atoms with E-state index in [9.17, 15) is 4.79 Å². The SMILES string of the molecule is Cc1c(Cl)cccc1NC(=O)c1cn[nH]n1. The highest BCUT2D eigenvalue weighted by Crippen LogP contribution is 2.23. The van der Waals surface area contributed by atoms with Crippen molar-refractivity contribution in [3.8, 4) is 0 Å². The summed E-state index contributed by atoms with van der Waals surface area (Å²) in [5.74, 6) is -0.320. The lowest BCUT2D eigenvalue weighted by Gasteiger charge is -2.07. The Morgan fingerprint density at radius 3 is 3.00 bits per heavy atom. The number of rotatable bonds is 2. The van der Waals surface area contributed by atoms with Crippen LogP contribution in [0.4, 0.5) is 5.69 Å². The highest BCUT2D eigenvalue weighted by molar-refractivity contribution is 6.31. The van der Waals surface area contributed by atoms with Crippen molar-refractivity contribution in [1.82, 2.24) is 15.4 Å². The minimum atomic E-state index is -0.320. The first kappa shape index (κ1) is 10.6. The third-order valence-electron chi connectivity index (χ3n) is 2.16. The van der Waals surface area contributed by atoms with E-state index in [2.05, 4.69) is 20.7 Å². The van der Waals surface area contributed by atoms with E-state index in [-0.39, 0.29) is 11.6 Å².